The molecular weight excluding hydrogens is 385 g/mol. The zero-order chi connectivity index (χ0) is 21.1. The highest BCUT2D eigenvalue weighted by molar-refractivity contribution is 5.97. The Balaban J connectivity index is 1.68. The Bertz CT molecular complexity index is 889. The van der Waals surface area contributed by atoms with Gasteiger partial charge in [0.25, 0.3) is 11.8 Å². The van der Waals surface area contributed by atoms with E-state index in [-0.39, 0.29) is 6.42 Å². The van der Waals surface area contributed by atoms with E-state index < -0.39 is 29.2 Å². The van der Waals surface area contributed by atoms with Crippen LogP contribution in [0.5, 0.6) is 0 Å². The summed E-state index contributed by atoms with van der Waals surface area (Å²) in [5.41, 5.74) is 4.67. The molecule has 2 amide bonds. The Kier molecular flexibility index (Phi) is 5.93. The number of carbonyl (C=O) groups excluding carboxylic acids is 2. The van der Waals surface area contributed by atoms with Crippen molar-refractivity contribution < 1.29 is 27.5 Å². The zero-order valence-electron chi connectivity index (χ0n) is 15.8. The average Bonchev–Trinajstić information content (AvgIpc) is 3.14. The van der Waals surface area contributed by atoms with E-state index in [1.807, 2.05) is 0 Å². The number of hydrazine groups is 1. The maximum atomic E-state index is 12.7. The van der Waals surface area contributed by atoms with E-state index in [4.69, 9.17) is 4.74 Å². The van der Waals surface area contributed by atoms with Crippen molar-refractivity contribution in [2.45, 2.75) is 38.0 Å². The maximum Gasteiger partial charge on any atom is 0.416 e. The van der Waals surface area contributed by atoms with E-state index in [0.29, 0.717) is 29.7 Å². The highest BCUT2D eigenvalue weighted by Crippen LogP contribution is 2.29. The summed E-state index contributed by atoms with van der Waals surface area (Å²) in [4.78, 5) is 24.8. The molecule has 1 aliphatic rings. The first kappa shape index (κ1) is 20.9. The SMILES string of the molecule is CC1(C(=O)NNC(=O)c2ccccc2Cc2ccc(C(F)(F)F)cc2)CCCO1. The summed E-state index contributed by atoms with van der Waals surface area (Å²) in [5, 5.41) is 0. The molecule has 2 aromatic rings. The largest absolute Gasteiger partial charge is 0.416 e. The normalized spacial score (nSPS) is 19.0. The van der Waals surface area contributed by atoms with Crippen LogP contribution in [0.3, 0.4) is 0 Å². The van der Waals surface area contributed by atoms with Gasteiger partial charge in [-0.15, -0.1) is 0 Å². The lowest BCUT2D eigenvalue weighted by atomic mass is 9.98. The van der Waals surface area contributed by atoms with E-state index in [9.17, 15) is 22.8 Å². The van der Waals surface area contributed by atoms with E-state index in [0.717, 1.165) is 18.6 Å². The van der Waals surface area contributed by atoms with E-state index in [1.165, 1.54) is 12.1 Å². The zero-order valence-corrected chi connectivity index (χ0v) is 15.8. The Hall–Kier alpha value is -2.87. The standard InChI is InChI=1S/C21H21F3N2O3/c1-20(11-4-12-29-20)19(28)26-25-18(27)17-6-3-2-5-15(17)13-14-7-9-16(10-8-14)21(22,23)24/h2-3,5-10H,4,11-13H2,1H3,(H,25,27)(H,26,28). The van der Waals surface area contributed by atoms with Crippen LogP contribution in [0.1, 0.15) is 46.8 Å². The van der Waals surface area contributed by atoms with Crippen molar-refractivity contribution in [2.75, 3.05) is 6.61 Å². The number of halogens is 3. The van der Waals surface area contributed by atoms with Crippen LogP contribution in [0, 0.1) is 0 Å². The predicted molar refractivity (Wildman–Crippen MR) is 99.9 cm³/mol. The molecule has 1 fully saturated rings. The fraction of sp³-hybridized carbons (Fsp3) is 0.333. The minimum Gasteiger partial charge on any atom is -0.365 e. The van der Waals surface area contributed by atoms with Gasteiger partial charge in [0.15, 0.2) is 0 Å². The molecule has 29 heavy (non-hydrogen) atoms. The Morgan fingerprint density at radius 2 is 1.76 bits per heavy atom. The lowest BCUT2D eigenvalue weighted by Gasteiger charge is -2.22. The topological polar surface area (TPSA) is 67.4 Å². The Morgan fingerprint density at radius 1 is 1.07 bits per heavy atom. The van der Waals surface area contributed by atoms with Gasteiger partial charge in [0.1, 0.15) is 5.60 Å². The van der Waals surface area contributed by atoms with Gasteiger partial charge in [-0.1, -0.05) is 30.3 Å². The second kappa shape index (κ2) is 8.24. The van der Waals surface area contributed by atoms with Gasteiger partial charge in [0.2, 0.25) is 0 Å². The first-order chi connectivity index (χ1) is 13.7. The third-order valence-electron chi connectivity index (χ3n) is 4.93. The first-order valence-corrected chi connectivity index (χ1v) is 9.18. The summed E-state index contributed by atoms with van der Waals surface area (Å²) in [6.07, 6.45) is -2.78. The number of amides is 2. The molecular formula is C21H21F3N2O3. The third-order valence-corrected chi connectivity index (χ3v) is 4.93. The molecule has 1 saturated heterocycles. The molecule has 3 rings (SSSR count). The number of nitrogens with one attached hydrogen (secondary N) is 2. The Morgan fingerprint density at radius 3 is 2.38 bits per heavy atom. The second-order valence-electron chi connectivity index (χ2n) is 7.12. The van der Waals surface area contributed by atoms with Crippen molar-refractivity contribution >= 4 is 11.8 Å². The molecule has 0 spiro atoms. The van der Waals surface area contributed by atoms with Crippen LogP contribution in [0.2, 0.25) is 0 Å². The van der Waals surface area contributed by atoms with E-state index in [2.05, 4.69) is 10.9 Å². The third kappa shape index (κ3) is 4.95. The van der Waals surface area contributed by atoms with Gasteiger partial charge in [0.05, 0.1) is 5.56 Å². The molecule has 8 heteroatoms. The minimum atomic E-state index is -4.39. The Labute approximate surface area is 166 Å². The highest BCUT2D eigenvalue weighted by Gasteiger charge is 2.38. The van der Waals surface area contributed by atoms with Crippen LogP contribution in [-0.4, -0.2) is 24.0 Å². The van der Waals surface area contributed by atoms with Crippen LogP contribution in [0.4, 0.5) is 13.2 Å². The molecule has 1 aliphatic heterocycles. The van der Waals surface area contributed by atoms with Gasteiger partial charge >= 0.3 is 6.18 Å². The van der Waals surface area contributed by atoms with Gasteiger partial charge < -0.3 is 4.74 Å². The fourth-order valence-corrected chi connectivity index (χ4v) is 3.20. The van der Waals surface area contributed by atoms with Gasteiger partial charge in [-0.2, -0.15) is 13.2 Å². The van der Waals surface area contributed by atoms with Crippen molar-refractivity contribution in [1.82, 2.24) is 10.9 Å². The molecule has 0 aliphatic carbocycles. The van der Waals surface area contributed by atoms with Crippen LogP contribution in [-0.2, 0) is 22.1 Å². The number of alkyl halides is 3. The van der Waals surface area contributed by atoms with Crippen LogP contribution < -0.4 is 10.9 Å². The molecule has 0 radical (unpaired) electrons. The number of ether oxygens (including phenoxy) is 1. The molecule has 5 nitrogen and oxygen atoms in total. The number of hydrogen-bond acceptors (Lipinski definition) is 3. The average molecular weight is 406 g/mol. The second-order valence-corrected chi connectivity index (χ2v) is 7.12. The van der Waals surface area contributed by atoms with Gasteiger partial charge in [-0.05, 0) is 55.5 Å². The van der Waals surface area contributed by atoms with Crippen molar-refractivity contribution in [2.24, 2.45) is 0 Å². The van der Waals surface area contributed by atoms with E-state index >= 15 is 0 Å². The van der Waals surface area contributed by atoms with Crippen LogP contribution in [0.25, 0.3) is 0 Å². The molecule has 0 saturated carbocycles. The number of benzene rings is 2. The smallest absolute Gasteiger partial charge is 0.365 e. The van der Waals surface area contributed by atoms with Crippen molar-refractivity contribution in [1.29, 1.82) is 0 Å². The molecule has 2 aromatic carbocycles. The quantitative estimate of drug-likeness (QED) is 0.762. The lowest BCUT2D eigenvalue weighted by Crippen LogP contribution is -2.51. The van der Waals surface area contributed by atoms with Crippen molar-refractivity contribution in [3.05, 3.63) is 70.8 Å². The highest BCUT2D eigenvalue weighted by atomic mass is 19.4. The van der Waals surface area contributed by atoms with Crippen molar-refractivity contribution in [3.63, 3.8) is 0 Å². The summed E-state index contributed by atoms with van der Waals surface area (Å²) < 4.78 is 43.6. The van der Waals surface area contributed by atoms with Crippen molar-refractivity contribution in [3.8, 4) is 0 Å². The summed E-state index contributed by atoms with van der Waals surface area (Å²) in [6, 6.07) is 11.5. The summed E-state index contributed by atoms with van der Waals surface area (Å²) in [6.45, 7) is 2.16. The predicted octanol–water partition coefficient (Wildman–Crippen LogP) is 3.63. The summed E-state index contributed by atoms with van der Waals surface area (Å²) >= 11 is 0. The molecule has 0 aromatic heterocycles. The monoisotopic (exact) mass is 406 g/mol. The van der Waals surface area contributed by atoms with Gasteiger partial charge in [-0.3, -0.25) is 20.4 Å². The molecule has 0 bridgehead atoms. The molecule has 1 atom stereocenters. The first-order valence-electron chi connectivity index (χ1n) is 9.18. The number of rotatable bonds is 4. The molecule has 1 heterocycles. The fourth-order valence-electron chi connectivity index (χ4n) is 3.20. The molecule has 1 unspecified atom stereocenters. The summed E-state index contributed by atoms with van der Waals surface area (Å²) in [5.74, 6) is -0.939. The van der Waals surface area contributed by atoms with Crippen LogP contribution >= 0.6 is 0 Å². The molecule has 154 valence electrons. The number of hydrogen-bond donors (Lipinski definition) is 2. The van der Waals surface area contributed by atoms with Gasteiger partial charge in [0, 0.05) is 12.2 Å². The minimum absolute atomic E-state index is 0.274. The number of carbonyl (C=O) groups is 2. The molecule has 2 N–H and O–H groups in total. The van der Waals surface area contributed by atoms with Gasteiger partial charge in [-0.25, -0.2) is 0 Å². The maximum absolute atomic E-state index is 12.7. The lowest BCUT2D eigenvalue weighted by molar-refractivity contribution is -0.140. The van der Waals surface area contributed by atoms with E-state index in [1.54, 1.807) is 31.2 Å². The van der Waals surface area contributed by atoms with Crippen LogP contribution in [0.15, 0.2) is 48.5 Å². The summed E-state index contributed by atoms with van der Waals surface area (Å²) in [7, 11) is 0.